The number of benzene rings is 1. The summed E-state index contributed by atoms with van der Waals surface area (Å²) in [4.78, 5) is 67.5. The molecule has 3 aromatic rings. The van der Waals surface area contributed by atoms with Gasteiger partial charge in [0.15, 0.2) is 12.4 Å². The van der Waals surface area contributed by atoms with Crippen LogP contribution in [0.4, 0.5) is 0 Å². The number of aromatic amines is 1. The summed E-state index contributed by atoms with van der Waals surface area (Å²) < 4.78 is 6.70. The van der Waals surface area contributed by atoms with E-state index in [4.69, 9.17) is 16.3 Å². The lowest BCUT2D eigenvalue weighted by molar-refractivity contribution is -0.151. The number of H-pyrrole nitrogens is 1. The van der Waals surface area contributed by atoms with Crippen LogP contribution >= 0.6 is 35.1 Å². The van der Waals surface area contributed by atoms with Crippen molar-refractivity contribution in [2.45, 2.75) is 22.6 Å². The summed E-state index contributed by atoms with van der Waals surface area (Å²) in [6.07, 6.45) is 2.47. The topological polar surface area (TPSA) is 222 Å². The number of nitrogens with zero attached hydrogens (tertiary/aromatic N) is 5. The molecule has 44 heavy (non-hydrogen) atoms. The van der Waals surface area contributed by atoms with Crippen LogP contribution in [0, 0.1) is 0 Å². The fourth-order valence-corrected chi connectivity index (χ4v) is 6.88. The maximum atomic E-state index is 13.5. The second-order valence-electron chi connectivity index (χ2n) is 9.40. The number of phenols is 1. The average Bonchev–Trinajstić information content (AvgIpc) is 3.42. The molecule has 3 amide bonds. The molecule has 5 N–H and O–H groups in total. The lowest BCUT2D eigenvalue weighted by Gasteiger charge is -2.49. The molecule has 0 bridgehead atoms. The fraction of sp³-hybridized carbons (Fsp3) is 0.280. The lowest BCUT2D eigenvalue weighted by atomic mass is 10.0. The van der Waals surface area contributed by atoms with Crippen molar-refractivity contribution >= 4 is 58.8 Å². The number of aromatic nitrogens is 5. The Morgan fingerprint density at radius 2 is 2.00 bits per heavy atom. The molecule has 2 aliphatic rings. The highest BCUT2D eigenvalue weighted by molar-refractivity contribution is 8.01. The normalized spacial score (nSPS) is 18.2. The van der Waals surface area contributed by atoms with Gasteiger partial charge in [-0.25, -0.2) is 9.48 Å². The molecule has 0 saturated carbocycles. The van der Waals surface area contributed by atoms with Gasteiger partial charge >= 0.3 is 5.97 Å². The van der Waals surface area contributed by atoms with Crippen LogP contribution in [0.25, 0.3) is 0 Å². The second kappa shape index (κ2) is 13.0. The van der Waals surface area contributed by atoms with Gasteiger partial charge in [0.25, 0.3) is 11.8 Å². The molecule has 3 atom stereocenters. The van der Waals surface area contributed by atoms with Gasteiger partial charge in [-0.3, -0.25) is 24.1 Å². The molecule has 2 aromatic heterocycles. The van der Waals surface area contributed by atoms with E-state index in [0.29, 0.717) is 10.7 Å². The number of hydrogen-bond acceptors (Lipinski definition) is 12. The molecule has 0 aliphatic carbocycles. The number of carbonyl (C=O) groups excluding carboxylic acids is 3. The smallest absolute Gasteiger partial charge is 0.352 e. The predicted octanol–water partition coefficient (Wildman–Crippen LogP) is 0.0246. The molecule has 1 saturated heterocycles. The number of carboxylic acids is 1. The number of ether oxygens (including phenoxy) is 1. The SMILES string of the molecule is Cn1nnnc1SCC1=C(C(=O)O)N2C(=O)C(NC(=O)C(NC(=O)COc3c[nH]cc(Cl)c3=O)c3ccc(O)cc3)[C@H]2SC1. The standard InChI is InChI=1S/C25H23ClN8O8S2/c1-33-25(30-31-32-33)44-10-12-9-43-23-18(22(39)34(23)19(12)24(40)41)29-21(38)17(11-2-4-13(35)5-3-11)28-16(36)8-42-15-7-27-6-14(26)20(15)37/h2-7,17-18,23,35H,8-10H2,1H3,(H,27,37)(H,28,36)(H,29,38)(H,40,41)/t17?,18?,23-/m1/s1. The number of β-lactam (4-membered cyclic amide) rings is 1. The zero-order valence-electron chi connectivity index (χ0n) is 22.6. The van der Waals surface area contributed by atoms with E-state index in [1.165, 1.54) is 64.9 Å². The highest BCUT2D eigenvalue weighted by Crippen LogP contribution is 2.41. The molecule has 0 spiro atoms. The molecule has 2 aliphatic heterocycles. The van der Waals surface area contributed by atoms with E-state index < -0.39 is 53.2 Å². The van der Waals surface area contributed by atoms with Crippen molar-refractivity contribution in [1.82, 2.24) is 40.7 Å². The second-order valence-corrected chi connectivity index (χ2v) is 11.9. The van der Waals surface area contributed by atoms with Gasteiger partial charge in [0.2, 0.25) is 16.5 Å². The first-order valence-electron chi connectivity index (χ1n) is 12.7. The van der Waals surface area contributed by atoms with Gasteiger partial charge in [-0.2, -0.15) is 0 Å². The summed E-state index contributed by atoms with van der Waals surface area (Å²) in [6.45, 7) is -0.641. The number of aliphatic carboxylic acids is 1. The minimum absolute atomic E-state index is 0.0800. The van der Waals surface area contributed by atoms with Crippen molar-refractivity contribution < 1.29 is 34.1 Å². The highest BCUT2D eigenvalue weighted by atomic mass is 35.5. The summed E-state index contributed by atoms with van der Waals surface area (Å²) in [7, 11) is 1.65. The number of nitrogens with one attached hydrogen (secondary N) is 3. The van der Waals surface area contributed by atoms with Gasteiger partial charge < -0.3 is 30.6 Å². The number of halogens is 1. The van der Waals surface area contributed by atoms with E-state index in [1.807, 2.05) is 0 Å². The number of aryl methyl sites for hydroxylation is 1. The number of amides is 3. The fourth-order valence-electron chi connectivity index (χ4n) is 4.39. The van der Waals surface area contributed by atoms with Gasteiger partial charge in [0, 0.05) is 30.9 Å². The number of thioether (sulfide) groups is 2. The molecular weight excluding hydrogens is 640 g/mol. The van der Waals surface area contributed by atoms with E-state index >= 15 is 0 Å². The Hall–Kier alpha value is -4.55. The largest absolute Gasteiger partial charge is 0.508 e. The maximum absolute atomic E-state index is 13.5. The van der Waals surface area contributed by atoms with Crippen molar-refractivity contribution in [1.29, 1.82) is 0 Å². The van der Waals surface area contributed by atoms with Gasteiger partial charge in [-0.1, -0.05) is 35.5 Å². The van der Waals surface area contributed by atoms with Crippen molar-refractivity contribution in [3.63, 3.8) is 0 Å². The van der Waals surface area contributed by atoms with Gasteiger partial charge in [-0.05, 0) is 33.7 Å². The van der Waals surface area contributed by atoms with E-state index in [0.717, 1.165) is 4.90 Å². The molecule has 19 heteroatoms. The van der Waals surface area contributed by atoms with Crippen molar-refractivity contribution in [2.24, 2.45) is 7.05 Å². The molecule has 4 heterocycles. The zero-order valence-corrected chi connectivity index (χ0v) is 25.0. The van der Waals surface area contributed by atoms with Crippen LogP contribution in [0.15, 0.2) is 57.9 Å². The summed E-state index contributed by atoms with van der Waals surface area (Å²) in [5, 5.41) is 35.6. The minimum atomic E-state index is -1.33. The number of aromatic hydroxyl groups is 1. The third-order valence-electron chi connectivity index (χ3n) is 6.52. The number of hydrogen-bond donors (Lipinski definition) is 5. The van der Waals surface area contributed by atoms with Crippen molar-refractivity contribution in [2.75, 3.05) is 18.1 Å². The Morgan fingerprint density at radius 3 is 2.68 bits per heavy atom. The van der Waals surface area contributed by atoms with E-state index in [2.05, 4.69) is 31.1 Å². The van der Waals surface area contributed by atoms with Crippen LogP contribution in [-0.2, 0) is 26.2 Å². The molecule has 1 aromatic carbocycles. The monoisotopic (exact) mass is 662 g/mol. The van der Waals surface area contributed by atoms with Crippen LogP contribution < -0.4 is 20.8 Å². The van der Waals surface area contributed by atoms with Gasteiger partial charge in [0.05, 0.1) is 0 Å². The van der Waals surface area contributed by atoms with Crippen LogP contribution in [0.5, 0.6) is 11.5 Å². The summed E-state index contributed by atoms with van der Waals surface area (Å²) in [5.74, 6) is -3.23. The minimum Gasteiger partial charge on any atom is -0.508 e. The number of rotatable bonds is 11. The van der Waals surface area contributed by atoms with Crippen LogP contribution in [0.1, 0.15) is 11.6 Å². The lowest BCUT2D eigenvalue weighted by Crippen LogP contribution is -2.71. The van der Waals surface area contributed by atoms with Crippen molar-refractivity contribution in [3.05, 3.63) is 68.7 Å². The molecule has 5 rings (SSSR count). The molecule has 230 valence electrons. The van der Waals surface area contributed by atoms with Crippen LogP contribution in [-0.4, -0.2) is 93.5 Å². The first kappa shape index (κ1) is 30.9. The Morgan fingerprint density at radius 1 is 1.25 bits per heavy atom. The van der Waals surface area contributed by atoms with Gasteiger partial charge in [0.1, 0.15) is 33.9 Å². The van der Waals surface area contributed by atoms with Crippen LogP contribution in [0.2, 0.25) is 5.02 Å². The first-order chi connectivity index (χ1) is 21.0. The number of pyridine rings is 1. The number of phenolic OH excluding ortho intramolecular Hbond substituents is 1. The number of carbonyl (C=O) groups is 4. The molecule has 2 unspecified atom stereocenters. The average molecular weight is 663 g/mol. The molecule has 1 fully saturated rings. The highest BCUT2D eigenvalue weighted by Gasteiger charge is 2.54. The Bertz CT molecular complexity index is 1710. The summed E-state index contributed by atoms with van der Waals surface area (Å²) in [6, 6.07) is 3.05. The Balaban J connectivity index is 1.29. The molecule has 16 nitrogen and oxygen atoms in total. The number of fused-ring (bicyclic) bond motifs is 1. The third kappa shape index (κ3) is 6.36. The van der Waals surface area contributed by atoms with E-state index in [1.54, 1.807) is 7.05 Å². The predicted molar refractivity (Wildman–Crippen MR) is 156 cm³/mol. The number of carboxylic acid groups (broad SMARTS) is 1. The van der Waals surface area contributed by atoms with Crippen LogP contribution in [0.3, 0.4) is 0 Å². The van der Waals surface area contributed by atoms with E-state index in [9.17, 15) is 34.2 Å². The van der Waals surface area contributed by atoms with E-state index in [-0.39, 0.29) is 39.3 Å². The molecule has 0 radical (unpaired) electrons. The molecular formula is C25H23ClN8O8S2. The van der Waals surface area contributed by atoms with Gasteiger partial charge in [-0.15, -0.1) is 16.9 Å². The quantitative estimate of drug-likeness (QED) is 0.135. The first-order valence-corrected chi connectivity index (χ1v) is 15.1. The summed E-state index contributed by atoms with van der Waals surface area (Å²) >= 11 is 8.28. The third-order valence-corrected chi connectivity index (χ3v) is 9.24. The Labute approximate surface area is 261 Å². The number of tetrazole rings is 1. The Kier molecular flexibility index (Phi) is 9.12. The maximum Gasteiger partial charge on any atom is 0.352 e. The van der Waals surface area contributed by atoms with Crippen molar-refractivity contribution in [3.8, 4) is 11.5 Å². The zero-order chi connectivity index (χ0) is 31.5. The summed E-state index contributed by atoms with van der Waals surface area (Å²) in [5.41, 5.74) is -0.0230.